The number of hydrogen-bond acceptors (Lipinski definition) is 2. The summed E-state index contributed by atoms with van der Waals surface area (Å²) in [6.07, 6.45) is 0.964. The van der Waals surface area contributed by atoms with Crippen molar-refractivity contribution in [2.75, 3.05) is 0 Å². The van der Waals surface area contributed by atoms with E-state index in [1.54, 1.807) is 0 Å². The summed E-state index contributed by atoms with van der Waals surface area (Å²) < 4.78 is 1.98. The summed E-state index contributed by atoms with van der Waals surface area (Å²) >= 11 is 0. The second-order valence-electron chi connectivity index (χ2n) is 4.09. The van der Waals surface area contributed by atoms with Crippen molar-refractivity contribution in [1.29, 1.82) is 0 Å². The van der Waals surface area contributed by atoms with Crippen molar-refractivity contribution in [3.05, 3.63) is 17.5 Å². The fourth-order valence-corrected chi connectivity index (χ4v) is 1.29. The van der Waals surface area contributed by atoms with E-state index in [2.05, 4.69) is 31.9 Å². The van der Waals surface area contributed by atoms with Crippen molar-refractivity contribution in [2.45, 2.75) is 46.2 Å². The summed E-state index contributed by atoms with van der Waals surface area (Å²) in [5, 5.41) is 4.38. The largest absolute Gasteiger partial charge is 0.324 e. The van der Waals surface area contributed by atoms with Crippen molar-refractivity contribution in [3.8, 4) is 0 Å². The fourth-order valence-electron chi connectivity index (χ4n) is 1.29. The van der Waals surface area contributed by atoms with Crippen molar-refractivity contribution in [3.63, 3.8) is 0 Å². The first-order valence-corrected chi connectivity index (χ1v) is 4.74. The van der Waals surface area contributed by atoms with Gasteiger partial charge in [0, 0.05) is 11.2 Å². The van der Waals surface area contributed by atoms with Gasteiger partial charge in [0.25, 0.3) is 0 Å². The third kappa shape index (κ3) is 2.56. The summed E-state index contributed by atoms with van der Waals surface area (Å²) in [5.41, 5.74) is 8.16. The van der Waals surface area contributed by atoms with E-state index in [0.717, 1.165) is 18.7 Å². The van der Waals surface area contributed by atoms with Gasteiger partial charge in [-0.15, -0.1) is 0 Å². The van der Waals surface area contributed by atoms with E-state index in [0.29, 0.717) is 0 Å². The second-order valence-corrected chi connectivity index (χ2v) is 4.09. The minimum absolute atomic E-state index is 0.150. The first-order valence-electron chi connectivity index (χ1n) is 4.74. The molecular formula is C10H19N3. The molecule has 1 aromatic rings. The molecule has 1 atom stereocenters. The van der Waals surface area contributed by atoms with Gasteiger partial charge in [0.1, 0.15) is 0 Å². The van der Waals surface area contributed by atoms with Gasteiger partial charge in [-0.1, -0.05) is 6.92 Å². The molecule has 0 fully saturated rings. The number of hydrogen-bond donors (Lipinski definition) is 1. The average molecular weight is 181 g/mol. The zero-order chi connectivity index (χ0) is 10.1. The molecule has 0 radical (unpaired) electrons. The molecule has 74 valence electrons. The second kappa shape index (κ2) is 3.50. The molecule has 0 bridgehead atoms. The Morgan fingerprint density at radius 1 is 1.54 bits per heavy atom. The Bertz CT molecular complexity index is 286. The number of rotatable bonds is 3. The molecule has 0 saturated heterocycles. The molecule has 0 aliphatic heterocycles. The van der Waals surface area contributed by atoms with Crippen LogP contribution in [0.25, 0.3) is 0 Å². The van der Waals surface area contributed by atoms with Gasteiger partial charge in [-0.2, -0.15) is 5.10 Å². The normalized spacial score (nSPS) is 15.8. The van der Waals surface area contributed by atoms with Crippen LogP contribution in [0.15, 0.2) is 6.07 Å². The molecule has 0 amide bonds. The van der Waals surface area contributed by atoms with Gasteiger partial charge in [-0.3, -0.25) is 4.68 Å². The molecule has 2 N–H and O–H groups in total. The zero-order valence-corrected chi connectivity index (χ0v) is 8.96. The van der Waals surface area contributed by atoms with Crippen LogP contribution in [0.3, 0.4) is 0 Å². The van der Waals surface area contributed by atoms with Crippen molar-refractivity contribution >= 4 is 0 Å². The lowest BCUT2D eigenvalue weighted by molar-refractivity contribution is 0.360. The minimum atomic E-state index is -0.150. The highest BCUT2D eigenvalue weighted by molar-refractivity contribution is 5.07. The maximum absolute atomic E-state index is 6.07. The lowest BCUT2D eigenvalue weighted by Crippen LogP contribution is -2.40. The van der Waals surface area contributed by atoms with Gasteiger partial charge in [-0.05, 0) is 33.3 Å². The van der Waals surface area contributed by atoms with Gasteiger partial charge in [0.05, 0.1) is 12.2 Å². The number of aryl methyl sites for hydroxylation is 2. The van der Waals surface area contributed by atoms with Crippen LogP contribution >= 0.6 is 0 Å². The quantitative estimate of drug-likeness (QED) is 0.770. The Kier molecular flexibility index (Phi) is 2.76. The molecule has 3 nitrogen and oxygen atoms in total. The molecule has 0 aliphatic rings. The number of aromatic nitrogens is 2. The van der Waals surface area contributed by atoms with Gasteiger partial charge in [0.15, 0.2) is 0 Å². The molecule has 1 aromatic heterocycles. The predicted octanol–water partition coefficient (Wildman–Crippen LogP) is 1.63. The van der Waals surface area contributed by atoms with Crippen LogP contribution in [-0.2, 0) is 6.54 Å². The van der Waals surface area contributed by atoms with Crippen LogP contribution in [0, 0.1) is 13.8 Å². The highest BCUT2D eigenvalue weighted by Crippen LogP contribution is 2.10. The van der Waals surface area contributed by atoms with Crippen molar-refractivity contribution in [1.82, 2.24) is 9.78 Å². The van der Waals surface area contributed by atoms with E-state index in [9.17, 15) is 0 Å². The molecule has 1 unspecified atom stereocenters. The summed E-state index contributed by atoms with van der Waals surface area (Å²) in [5.74, 6) is 0. The molecule has 0 aromatic carbocycles. The molecular weight excluding hydrogens is 162 g/mol. The molecule has 0 spiro atoms. The van der Waals surface area contributed by atoms with Crippen LogP contribution in [0.2, 0.25) is 0 Å². The zero-order valence-electron chi connectivity index (χ0n) is 8.96. The van der Waals surface area contributed by atoms with Crippen LogP contribution in [0.5, 0.6) is 0 Å². The van der Waals surface area contributed by atoms with E-state index in [-0.39, 0.29) is 5.54 Å². The molecule has 0 aliphatic carbocycles. The average Bonchev–Trinajstić information content (AvgIpc) is 2.30. The van der Waals surface area contributed by atoms with Crippen LogP contribution in [0.1, 0.15) is 31.7 Å². The molecule has 1 rings (SSSR count). The minimum Gasteiger partial charge on any atom is -0.324 e. The van der Waals surface area contributed by atoms with Crippen molar-refractivity contribution < 1.29 is 0 Å². The molecule has 0 saturated carbocycles. The Hall–Kier alpha value is -0.830. The summed E-state index contributed by atoms with van der Waals surface area (Å²) in [4.78, 5) is 0. The Morgan fingerprint density at radius 3 is 2.54 bits per heavy atom. The van der Waals surface area contributed by atoms with Gasteiger partial charge in [0.2, 0.25) is 0 Å². The highest BCUT2D eigenvalue weighted by Gasteiger charge is 2.17. The summed E-state index contributed by atoms with van der Waals surface area (Å²) in [7, 11) is 0. The third-order valence-corrected chi connectivity index (χ3v) is 2.42. The molecule has 3 heteroatoms. The first kappa shape index (κ1) is 10.3. The number of nitrogens with two attached hydrogens (primary N) is 1. The Labute approximate surface area is 79.9 Å². The van der Waals surface area contributed by atoms with Crippen LogP contribution < -0.4 is 5.73 Å². The lowest BCUT2D eigenvalue weighted by Gasteiger charge is -2.23. The maximum Gasteiger partial charge on any atom is 0.0596 e. The smallest absolute Gasteiger partial charge is 0.0596 e. The molecule has 13 heavy (non-hydrogen) atoms. The monoisotopic (exact) mass is 181 g/mol. The number of nitrogens with zero attached hydrogens (tertiary/aromatic N) is 2. The van der Waals surface area contributed by atoms with Gasteiger partial charge in [-0.25, -0.2) is 0 Å². The first-order chi connectivity index (χ1) is 5.94. The highest BCUT2D eigenvalue weighted by atomic mass is 15.3. The van der Waals surface area contributed by atoms with Gasteiger partial charge < -0.3 is 5.73 Å². The van der Waals surface area contributed by atoms with E-state index < -0.39 is 0 Å². The topological polar surface area (TPSA) is 43.8 Å². The predicted molar refractivity (Wildman–Crippen MR) is 54.6 cm³/mol. The SMILES string of the molecule is CCC(C)(N)Cn1nc(C)cc1C. The van der Waals surface area contributed by atoms with Gasteiger partial charge >= 0.3 is 0 Å². The Balaban J connectivity index is 2.79. The summed E-state index contributed by atoms with van der Waals surface area (Å²) in [6, 6.07) is 2.08. The van der Waals surface area contributed by atoms with Crippen LogP contribution in [0.4, 0.5) is 0 Å². The maximum atomic E-state index is 6.07. The summed E-state index contributed by atoms with van der Waals surface area (Å²) in [6.45, 7) is 9.02. The Morgan fingerprint density at radius 2 is 2.15 bits per heavy atom. The van der Waals surface area contributed by atoms with E-state index in [4.69, 9.17) is 5.73 Å². The van der Waals surface area contributed by atoms with Crippen LogP contribution in [-0.4, -0.2) is 15.3 Å². The third-order valence-electron chi connectivity index (χ3n) is 2.42. The standard InChI is InChI=1S/C10H19N3/c1-5-10(4,11)7-13-9(3)6-8(2)12-13/h6H,5,7,11H2,1-4H3. The van der Waals surface area contributed by atoms with E-state index in [1.807, 2.05) is 11.6 Å². The fraction of sp³-hybridized carbons (Fsp3) is 0.700. The molecule has 1 heterocycles. The van der Waals surface area contributed by atoms with Crippen molar-refractivity contribution in [2.24, 2.45) is 5.73 Å². The van der Waals surface area contributed by atoms with E-state index in [1.165, 1.54) is 5.69 Å². The lowest BCUT2D eigenvalue weighted by atomic mass is 10.0. The van der Waals surface area contributed by atoms with E-state index >= 15 is 0 Å².